The van der Waals surface area contributed by atoms with Gasteiger partial charge in [0.1, 0.15) is 5.69 Å². The van der Waals surface area contributed by atoms with Crippen molar-refractivity contribution in [1.29, 1.82) is 0 Å². The van der Waals surface area contributed by atoms with Gasteiger partial charge in [0.15, 0.2) is 0 Å². The van der Waals surface area contributed by atoms with Crippen LogP contribution in [0.15, 0.2) is 18.3 Å². The Morgan fingerprint density at radius 2 is 1.91 bits per heavy atom. The molecule has 0 bridgehead atoms. The van der Waals surface area contributed by atoms with Crippen LogP contribution < -0.4 is 0 Å². The lowest BCUT2D eigenvalue weighted by atomic mass is 10.0. The molecule has 0 aliphatic carbocycles. The molecule has 6 heteroatoms. The normalized spacial score (nSPS) is 16.6. The average molecular weight is 306 g/mol. The number of carbonyl (C=O) groups excluding carboxylic acids is 1. The zero-order valence-corrected chi connectivity index (χ0v) is 13.2. The van der Waals surface area contributed by atoms with Crippen LogP contribution in [-0.2, 0) is 4.74 Å². The number of ether oxygens (including phenoxy) is 1. The zero-order valence-electron chi connectivity index (χ0n) is 13.2. The van der Waals surface area contributed by atoms with Gasteiger partial charge in [0.05, 0.1) is 17.3 Å². The summed E-state index contributed by atoms with van der Waals surface area (Å²) in [6.45, 7) is 7.36. The van der Waals surface area contributed by atoms with E-state index in [0.717, 1.165) is 12.8 Å². The standard InChI is InChI=1S/C16H22N2O4/c1-16(2,3)22-12-6-8-18(9-7-12)14(19)11-4-5-13(15(20)21)17-10-11/h4-5,10,12H,6-9H2,1-3H3,(H,20,21). The van der Waals surface area contributed by atoms with Gasteiger partial charge in [-0.25, -0.2) is 9.78 Å². The number of aromatic carboxylic acids is 1. The molecule has 1 aromatic rings. The summed E-state index contributed by atoms with van der Waals surface area (Å²) in [5.74, 6) is -1.21. The number of hydrogen-bond donors (Lipinski definition) is 1. The van der Waals surface area contributed by atoms with Crippen molar-refractivity contribution in [1.82, 2.24) is 9.88 Å². The van der Waals surface area contributed by atoms with E-state index in [4.69, 9.17) is 9.84 Å². The third kappa shape index (κ3) is 4.27. The van der Waals surface area contributed by atoms with E-state index < -0.39 is 5.97 Å². The Bertz CT molecular complexity index is 540. The SMILES string of the molecule is CC(C)(C)OC1CCN(C(=O)c2ccc(C(=O)O)nc2)CC1. The van der Waals surface area contributed by atoms with Crippen molar-refractivity contribution < 1.29 is 19.4 Å². The Morgan fingerprint density at radius 3 is 2.36 bits per heavy atom. The molecule has 1 aliphatic heterocycles. The molecule has 2 rings (SSSR count). The Labute approximate surface area is 130 Å². The second-order valence-electron chi connectivity index (χ2n) is 6.46. The molecule has 0 aromatic carbocycles. The second kappa shape index (κ2) is 6.44. The molecule has 0 atom stereocenters. The van der Waals surface area contributed by atoms with Crippen molar-refractivity contribution in [2.24, 2.45) is 0 Å². The van der Waals surface area contributed by atoms with Crippen molar-refractivity contribution in [3.63, 3.8) is 0 Å². The molecule has 22 heavy (non-hydrogen) atoms. The number of piperidine rings is 1. The summed E-state index contributed by atoms with van der Waals surface area (Å²) in [6, 6.07) is 2.86. The van der Waals surface area contributed by atoms with Crippen LogP contribution in [0.4, 0.5) is 0 Å². The molecular formula is C16H22N2O4. The molecule has 0 unspecified atom stereocenters. The van der Waals surface area contributed by atoms with E-state index in [9.17, 15) is 9.59 Å². The van der Waals surface area contributed by atoms with Crippen molar-refractivity contribution in [3.8, 4) is 0 Å². The van der Waals surface area contributed by atoms with E-state index in [2.05, 4.69) is 4.98 Å². The lowest BCUT2D eigenvalue weighted by molar-refractivity contribution is -0.0791. The number of carbonyl (C=O) groups is 2. The molecule has 1 N–H and O–H groups in total. The van der Waals surface area contributed by atoms with Gasteiger partial charge in [0.25, 0.3) is 5.91 Å². The minimum atomic E-state index is -1.10. The summed E-state index contributed by atoms with van der Waals surface area (Å²) < 4.78 is 5.94. The quantitative estimate of drug-likeness (QED) is 0.926. The van der Waals surface area contributed by atoms with E-state index >= 15 is 0 Å². The average Bonchev–Trinajstić information content (AvgIpc) is 2.46. The van der Waals surface area contributed by atoms with Crippen molar-refractivity contribution >= 4 is 11.9 Å². The molecular weight excluding hydrogens is 284 g/mol. The Balaban J connectivity index is 1.93. The van der Waals surface area contributed by atoms with Crippen LogP contribution in [0, 0.1) is 0 Å². The van der Waals surface area contributed by atoms with Gasteiger partial charge in [0.2, 0.25) is 0 Å². The van der Waals surface area contributed by atoms with Crippen molar-refractivity contribution in [3.05, 3.63) is 29.6 Å². The molecule has 1 aromatic heterocycles. The number of nitrogens with zero attached hydrogens (tertiary/aromatic N) is 2. The van der Waals surface area contributed by atoms with Gasteiger partial charge in [-0.15, -0.1) is 0 Å². The first-order valence-corrected chi connectivity index (χ1v) is 7.43. The van der Waals surface area contributed by atoms with Gasteiger partial charge in [0, 0.05) is 19.3 Å². The highest BCUT2D eigenvalue weighted by atomic mass is 16.5. The van der Waals surface area contributed by atoms with Crippen LogP contribution in [0.2, 0.25) is 0 Å². The van der Waals surface area contributed by atoms with Crippen LogP contribution >= 0.6 is 0 Å². The molecule has 1 fully saturated rings. The molecule has 2 heterocycles. The zero-order chi connectivity index (χ0) is 16.3. The number of hydrogen-bond acceptors (Lipinski definition) is 4. The van der Waals surface area contributed by atoms with E-state index in [1.54, 1.807) is 4.90 Å². The lowest BCUT2D eigenvalue weighted by Crippen LogP contribution is -2.42. The maximum Gasteiger partial charge on any atom is 0.354 e. The summed E-state index contributed by atoms with van der Waals surface area (Å²) in [5.41, 5.74) is 0.182. The number of amides is 1. The first-order chi connectivity index (χ1) is 10.3. The highest BCUT2D eigenvalue weighted by molar-refractivity contribution is 5.95. The third-order valence-electron chi connectivity index (χ3n) is 3.48. The number of pyridine rings is 1. The summed E-state index contributed by atoms with van der Waals surface area (Å²) >= 11 is 0. The monoisotopic (exact) mass is 306 g/mol. The van der Waals surface area contributed by atoms with Gasteiger partial charge in [-0.2, -0.15) is 0 Å². The van der Waals surface area contributed by atoms with E-state index in [1.807, 2.05) is 20.8 Å². The van der Waals surface area contributed by atoms with Crippen LogP contribution in [0.25, 0.3) is 0 Å². The molecule has 1 aliphatic rings. The highest BCUT2D eigenvalue weighted by Gasteiger charge is 2.27. The number of aromatic nitrogens is 1. The predicted molar refractivity (Wildman–Crippen MR) is 81.0 cm³/mol. The molecule has 1 saturated heterocycles. The number of rotatable bonds is 3. The number of carboxylic acid groups (broad SMARTS) is 1. The predicted octanol–water partition coefficient (Wildman–Crippen LogP) is 2.20. The molecule has 0 spiro atoms. The minimum absolute atomic E-state index is 0.0613. The van der Waals surface area contributed by atoms with Crippen molar-refractivity contribution in [2.45, 2.75) is 45.3 Å². The first kappa shape index (κ1) is 16.4. The fourth-order valence-corrected chi connectivity index (χ4v) is 2.51. The topological polar surface area (TPSA) is 79.7 Å². The smallest absolute Gasteiger partial charge is 0.354 e. The molecule has 0 radical (unpaired) electrons. The van der Waals surface area contributed by atoms with E-state index in [1.165, 1.54) is 18.3 Å². The van der Waals surface area contributed by atoms with Crippen LogP contribution in [0.5, 0.6) is 0 Å². The summed E-state index contributed by atoms with van der Waals surface area (Å²) in [7, 11) is 0. The van der Waals surface area contributed by atoms with Crippen LogP contribution in [0.1, 0.15) is 54.5 Å². The molecule has 0 saturated carbocycles. The molecule has 120 valence electrons. The maximum atomic E-state index is 12.4. The summed E-state index contributed by atoms with van der Waals surface area (Å²) in [4.78, 5) is 28.7. The Morgan fingerprint density at radius 1 is 1.27 bits per heavy atom. The third-order valence-corrected chi connectivity index (χ3v) is 3.48. The minimum Gasteiger partial charge on any atom is -0.477 e. The van der Waals surface area contributed by atoms with Crippen molar-refractivity contribution in [2.75, 3.05) is 13.1 Å². The Kier molecular flexibility index (Phi) is 4.81. The van der Waals surface area contributed by atoms with Gasteiger partial charge < -0.3 is 14.7 Å². The van der Waals surface area contributed by atoms with Gasteiger partial charge in [-0.05, 0) is 45.7 Å². The maximum absolute atomic E-state index is 12.4. The summed E-state index contributed by atoms with van der Waals surface area (Å²) in [6.07, 6.45) is 3.12. The molecule has 6 nitrogen and oxygen atoms in total. The van der Waals surface area contributed by atoms with Crippen LogP contribution in [-0.4, -0.2) is 51.7 Å². The van der Waals surface area contributed by atoms with Crippen LogP contribution in [0.3, 0.4) is 0 Å². The highest BCUT2D eigenvalue weighted by Crippen LogP contribution is 2.21. The Hall–Kier alpha value is -1.95. The number of likely N-dealkylation sites (tertiary alicyclic amines) is 1. The largest absolute Gasteiger partial charge is 0.477 e. The van der Waals surface area contributed by atoms with E-state index in [-0.39, 0.29) is 23.3 Å². The lowest BCUT2D eigenvalue weighted by Gasteiger charge is -2.35. The fraction of sp³-hybridized carbons (Fsp3) is 0.562. The second-order valence-corrected chi connectivity index (χ2v) is 6.46. The van der Waals surface area contributed by atoms with Gasteiger partial charge in [-0.1, -0.05) is 0 Å². The van der Waals surface area contributed by atoms with Gasteiger partial charge in [-0.3, -0.25) is 4.79 Å². The molecule has 1 amide bonds. The summed E-state index contributed by atoms with van der Waals surface area (Å²) in [5, 5.41) is 8.81. The van der Waals surface area contributed by atoms with Gasteiger partial charge >= 0.3 is 5.97 Å². The first-order valence-electron chi connectivity index (χ1n) is 7.43. The fourth-order valence-electron chi connectivity index (χ4n) is 2.51. The number of carboxylic acids is 1. The van der Waals surface area contributed by atoms with E-state index in [0.29, 0.717) is 18.7 Å².